The number of primary amides is 1. The summed E-state index contributed by atoms with van der Waals surface area (Å²) < 4.78 is 0. The molecule has 0 saturated carbocycles. The predicted molar refractivity (Wildman–Crippen MR) is 64.2 cm³/mol. The molecule has 6 nitrogen and oxygen atoms in total. The highest BCUT2D eigenvalue weighted by Crippen LogP contribution is 2.19. The van der Waals surface area contributed by atoms with Crippen LogP contribution in [0.25, 0.3) is 11.4 Å². The van der Waals surface area contributed by atoms with Crippen LogP contribution in [0.3, 0.4) is 0 Å². The van der Waals surface area contributed by atoms with Crippen LogP contribution in [0.1, 0.15) is 0 Å². The van der Waals surface area contributed by atoms with E-state index in [1.807, 2.05) is 30.5 Å². The van der Waals surface area contributed by atoms with Gasteiger partial charge in [-0.25, -0.2) is 0 Å². The number of hydrogen-bond donors (Lipinski definition) is 1. The Kier molecular flexibility index (Phi) is 3.38. The average Bonchev–Trinajstić information content (AvgIpc) is 2.77. The van der Waals surface area contributed by atoms with E-state index >= 15 is 0 Å². The van der Waals surface area contributed by atoms with E-state index in [4.69, 9.17) is 5.73 Å². The molecule has 17 heavy (non-hydrogen) atoms. The zero-order valence-electron chi connectivity index (χ0n) is 9.20. The number of carbonyl (C=O) groups is 1. The van der Waals surface area contributed by atoms with Crippen molar-refractivity contribution in [2.24, 2.45) is 5.73 Å². The summed E-state index contributed by atoms with van der Waals surface area (Å²) >= 11 is 1.66. The minimum Gasteiger partial charge on any atom is -0.368 e. The summed E-state index contributed by atoms with van der Waals surface area (Å²) in [5.41, 5.74) is 5.90. The van der Waals surface area contributed by atoms with Crippen LogP contribution in [0.5, 0.6) is 0 Å². The third kappa shape index (κ3) is 2.82. The van der Waals surface area contributed by atoms with E-state index < -0.39 is 5.91 Å². The molecule has 2 aromatic rings. The number of tetrazole rings is 1. The van der Waals surface area contributed by atoms with E-state index in [1.54, 1.807) is 11.8 Å². The van der Waals surface area contributed by atoms with Gasteiger partial charge in [0.2, 0.25) is 11.7 Å². The quantitative estimate of drug-likeness (QED) is 0.799. The molecule has 0 unspecified atom stereocenters. The Morgan fingerprint density at radius 1 is 1.41 bits per heavy atom. The van der Waals surface area contributed by atoms with Gasteiger partial charge in [-0.15, -0.1) is 22.0 Å². The van der Waals surface area contributed by atoms with E-state index in [9.17, 15) is 4.79 Å². The third-order valence-corrected chi connectivity index (χ3v) is 2.84. The third-order valence-electron chi connectivity index (χ3n) is 2.10. The topological polar surface area (TPSA) is 86.7 Å². The summed E-state index contributed by atoms with van der Waals surface area (Å²) in [4.78, 5) is 13.0. The molecular formula is C10H11N5OS. The second kappa shape index (κ2) is 4.96. The first-order valence-corrected chi connectivity index (χ1v) is 6.12. The number of thioether (sulfide) groups is 1. The Labute approximate surface area is 102 Å². The fourth-order valence-electron chi connectivity index (χ4n) is 1.31. The zero-order valence-corrected chi connectivity index (χ0v) is 10.0. The molecule has 0 aliphatic heterocycles. The highest BCUT2D eigenvalue weighted by molar-refractivity contribution is 7.98. The van der Waals surface area contributed by atoms with Crippen molar-refractivity contribution in [1.82, 2.24) is 20.2 Å². The second-order valence-electron chi connectivity index (χ2n) is 3.34. The first-order valence-electron chi connectivity index (χ1n) is 4.89. The van der Waals surface area contributed by atoms with Crippen LogP contribution in [0.15, 0.2) is 29.2 Å². The highest BCUT2D eigenvalue weighted by atomic mass is 32.2. The maximum atomic E-state index is 10.7. The molecule has 88 valence electrons. The molecule has 0 saturated heterocycles. The molecule has 0 atom stereocenters. The van der Waals surface area contributed by atoms with Gasteiger partial charge in [0.25, 0.3) is 0 Å². The summed E-state index contributed by atoms with van der Waals surface area (Å²) in [5, 5.41) is 11.7. The molecule has 1 aromatic heterocycles. The predicted octanol–water partition coefficient (Wildman–Crippen LogP) is 0.547. The summed E-state index contributed by atoms with van der Waals surface area (Å²) in [6.07, 6.45) is 2.01. The number of nitrogens with two attached hydrogens (primary N) is 1. The number of nitrogens with zero attached hydrogens (tertiary/aromatic N) is 4. The first-order chi connectivity index (χ1) is 8.19. The summed E-state index contributed by atoms with van der Waals surface area (Å²) in [7, 11) is 0. The van der Waals surface area contributed by atoms with Crippen molar-refractivity contribution in [1.29, 1.82) is 0 Å². The number of aromatic nitrogens is 4. The minimum absolute atomic E-state index is 0.0596. The summed E-state index contributed by atoms with van der Waals surface area (Å²) in [6, 6.07) is 7.79. The zero-order chi connectivity index (χ0) is 12.3. The molecule has 0 radical (unpaired) electrons. The minimum atomic E-state index is -0.494. The van der Waals surface area contributed by atoms with Gasteiger partial charge in [0, 0.05) is 10.5 Å². The number of rotatable bonds is 4. The molecule has 0 fully saturated rings. The highest BCUT2D eigenvalue weighted by Gasteiger charge is 2.07. The number of hydrogen-bond acceptors (Lipinski definition) is 5. The fraction of sp³-hybridized carbons (Fsp3) is 0.200. The molecule has 0 aliphatic carbocycles. The van der Waals surface area contributed by atoms with Gasteiger partial charge in [-0.05, 0) is 35.7 Å². The molecule has 1 heterocycles. The van der Waals surface area contributed by atoms with Crippen LogP contribution in [-0.4, -0.2) is 32.4 Å². The Morgan fingerprint density at radius 2 is 2.12 bits per heavy atom. The molecule has 0 bridgehead atoms. The Morgan fingerprint density at radius 3 is 2.71 bits per heavy atom. The van der Waals surface area contributed by atoms with Crippen molar-refractivity contribution >= 4 is 17.7 Å². The van der Waals surface area contributed by atoms with E-state index in [0.717, 1.165) is 5.56 Å². The van der Waals surface area contributed by atoms with Gasteiger partial charge in [-0.1, -0.05) is 0 Å². The normalized spacial score (nSPS) is 10.4. The van der Waals surface area contributed by atoms with Crippen LogP contribution in [0.2, 0.25) is 0 Å². The van der Waals surface area contributed by atoms with Gasteiger partial charge in [0.05, 0.1) is 0 Å². The molecule has 1 aromatic carbocycles. The van der Waals surface area contributed by atoms with Crippen molar-refractivity contribution in [3.63, 3.8) is 0 Å². The lowest BCUT2D eigenvalue weighted by molar-refractivity contribution is -0.118. The van der Waals surface area contributed by atoms with Crippen molar-refractivity contribution in [3.8, 4) is 11.4 Å². The lowest BCUT2D eigenvalue weighted by Crippen LogP contribution is -2.20. The molecule has 0 aliphatic rings. The Bertz CT molecular complexity index is 522. The van der Waals surface area contributed by atoms with Crippen molar-refractivity contribution in [3.05, 3.63) is 24.3 Å². The van der Waals surface area contributed by atoms with Gasteiger partial charge in [-0.3, -0.25) is 4.79 Å². The van der Waals surface area contributed by atoms with Crippen molar-refractivity contribution < 1.29 is 4.79 Å². The van der Waals surface area contributed by atoms with Crippen molar-refractivity contribution in [2.75, 3.05) is 6.26 Å². The van der Waals surface area contributed by atoms with Crippen LogP contribution in [0, 0.1) is 0 Å². The van der Waals surface area contributed by atoms with Crippen LogP contribution >= 0.6 is 11.8 Å². The number of carbonyl (C=O) groups excluding carboxylic acids is 1. The molecule has 2 rings (SSSR count). The number of benzene rings is 1. The van der Waals surface area contributed by atoms with Gasteiger partial charge < -0.3 is 5.73 Å². The van der Waals surface area contributed by atoms with Crippen LogP contribution < -0.4 is 5.73 Å². The fourth-order valence-corrected chi connectivity index (χ4v) is 1.71. The van der Waals surface area contributed by atoms with Gasteiger partial charge in [0.1, 0.15) is 6.54 Å². The number of amides is 1. The van der Waals surface area contributed by atoms with E-state index in [-0.39, 0.29) is 6.54 Å². The SMILES string of the molecule is CSc1ccc(-c2nnn(CC(N)=O)n2)cc1. The van der Waals surface area contributed by atoms with Crippen molar-refractivity contribution in [2.45, 2.75) is 11.4 Å². The molecule has 2 N–H and O–H groups in total. The molecule has 7 heteroatoms. The van der Waals surface area contributed by atoms with Gasteiger partial charge in [-0.2, -0.15) is 4.80 Å². The largest absolute Gasteiger partial charge is 0.368 e. The molecule has 0 spiro atoms. The van der Waals surface area contributed by atoms with Gasteiger partial charge in [0.15, 0.2) is 0 Å². The lowest BCUT2D eigenvalue weighted by Gasteiger charge is -1.97. The second-order valence-corrected chi connectivity index (χ2v) is 4.22. The van der Waals surface area contributed by atoms with Crippen LogP contribution in [0.4, 0.5) is 0 Å². The lowest BCUT2D eigenvalue weighted by atomic mass is 10.2. The Balaban J connectivity index is 2.21. The van der Waals surface area contributed by atoms with E-state index in [2.05, 4.69) is 15.4 Å². The summed E-state index contributed by atoms with van der Waals surface area (Å²) in [6.45, 7) is -0.0596. The maximum absolute atomic E-state index is 10.7. The molecular weight excluding hydrogens is 238 g/mol. The average molecular weight is 249 g/mol. The van der Waals surface area contributed by atoms with E-state index in [1.165, 1.54) is 9.69 Å². The summed E-state index contributed by atoms with van der Waals surface area (Å²) in [5.74, 6) is -0.00872. The standard InChI is InChI=1S/C10H11N5OS/c1-17-8-4-2-7(3-5-8)10-12-14-15(13-10)6-9(11)16/h2-5H,6H2,1H3,(H2,11,16). The smallest absolute Gasteiger partial charge is 0.241 e. The monoisotopic (exact) mass is 249 g/mol. The van der Waals surface area contributed by atoms with Gasteiger partial charge >= 0.3 is 0 Å². The van der Waals surface area contributed by atoms with E-state index in [0.29, 0.717) is 5.82 Å². The maximum Gasteiger partial charge on any atom is 0.241 e. The Hall–Kier alpha value is -1.89. The molecule has 1 amide bonds. The van der Waals surface area contributed by atoms with Crippen LogP contribution in [-0.2, 0) is 11.3 Å². The first kappa shape index (κ1) is 11.6.